The van der Waals surface area contributed by atoms with E-state index in [2.05, 4.69) is 48.5 Å². The van der Waals surface area contributed by atoms with Crippen molar-refractivity contribution in [2.24, 2.45) is 12.0 Å². The molecule has 30 heavy (non-hydrogen) atoms. The summed E-state index contributed by atoms with van der Waals surface area (Å²) in [6, 6.07) is 3.85. The summed E-state index contributed by atoms with van der Waals surface area (Å²) < 4.78 is 2.05. The van der Waals surface area contributed by atoms with Crippen molar-refractivity contribution in [3.05, 3.63) is 41.4 Å². The zero-order chi connectivity index (χ0) is 20.6. The van der Waals surface area contributed by atoms with E-state index in [4.69, 9.17) is 16.6 Å². The molecule has 0 atom stereocenters. The van der Waals surface area contributed by atoms with Crippen molar-refractivity contribution in [2.75, 3.05) is 57.8 Å². The van der Waals surface area contributed by atoms with E-state index in [0.29, 0.717) is 0 Å². The van der Waals surface area contributed by atoms with Crippen LogP contribution in [-0.4, -0.2) is 83.2 Å². The van der Waals surface area contributed by atoms with E-state index in [1.165, 1.54) is 0 Å². The summed E-state index contributed by atoms with van der Waals surface area (Å²) in [5.74, 6) is 1.74. The van der Waals surface area contributed by atoms with E-state index < -0.39 is 0 Å². The van der Waals surface area contributed by atoms with Crippen LogP contribution in [0.2, 0.25) is 5.02 Å². The second-order valence-corrected chi connectivity index (χ2v) is 7.67. The zero-order valence-corrected chi connectivity index (χ0v) is 21.0. The highest BCUT2D eigenvalue weighted by molar-refractivity contribution is 14.0. The van der Waals surface area contributed by atoms with E-state index in [0.717, 1.165) is 75.0 Å². The Hall–Kier alpha value is -1.59. The van der Waals surface area contributed by atoms with Gasteiger partial charge < -0.3 is 19.7 Å². The molecule has 3 rings (SSSR count). The van der Waals surface area contributed by atoms with Crippen LogP contribution in [-0.2, 0) is 13.6 Å². The molecular weight excluding hydrogens is 515 g/mol. The Bertz CT molecular complexity index is 789. The van der Waals surface area contributed by atoms with E-state index in [9.17, 15) is 0 Å². The van der Waals surface area contributed by atoms with E-state index in [-0.39, 0.29) is 24.0 Å². The van der Waals surface area contributed by atoms with Gasteiger partial charge in [-0.2, -0.15) is 0 Å². The number of hydrogen-bond acceptors (Lipinski definition) is 5. The zero-order valence-electron chi connectivity index (χ0n) is 18.0. The van der Waals surface area contributed by atoms with Crippen molar-refractivity contribution in [3.8, 4) is 0 Å². The van der Waals surface area contributed by atoms with Gasteiger partial charge in [-0.3, -0.25) is 9.89 Å². The summed E-state index contributed by atoms with van der Waals surface area (Å²) in [6.07, 6.45) is 5.52. The number of nitrogens with zero attached hydrogens (tertiary/aromatic N) is 7. The Balaban J connectivity index is 0.00000320. The number of anilines is 1. The molecule has 0 amide bonds. The van der Waals surface area contributed by atoms with Gasteiger partial charge in [0.15, 0.2) is 5.96 Å². The molecule has 0 bridgehead atoms. The summed E-state index contributed by atoms with van der Waals surface area (Å²) in [4.78, 5) is 20.3. The molecule has 1 aliphatic heterocycles. The molecule has 0 unspecified atom stereocenters. The van der Waals surface area contributed by atoms with Crippen molar-refractivity contribution in [3.63, 3.8) is 0 Å². The number of guanidine groups is 1. The number of nitrogens with one attached hydrogen (secondary N) is 1. The first-order chi connectivity index (χ1) is 14.1. The molecule has 1 saturated heterocycles. The molecule has 2 aromatic rings. The lowest BCUT2D eigenvalue weighted by Crippen LogP contribution is -2.48. The molecule has 1 aliphatic rings. The standard InChI is InChI=1S/C20H31ClN8.HI/c1-4-22-19(27(3)16-18-14-17(21)15-26(18)2)25-8-9-28-10-12-29(13-11-28)20-23-6-5-7-24-20;/h5-7,14-15H,4,8-13,16H2,1-3H3,(H,22,25);1H. The van der Waals surface area contributed by atoms with Crippen LogP contribution in [0.4, 0.5) is 5.95 Å². The third-order valence-electron chi connectivity index (χ3n) is 5.06. The van der Waals surface area contributed by atoms with Crippen LogP contribution in [0, 0.1) is 0 Å². The van der Waals surface area contributed by atoms with Crippen LogP contribution in [0.1, 0.15) is 12.6 Å². The van der Waals surface area contributed by atoms with Gasteiger partial charge in [0.25, 0.3) is 0 Å². The fraction of sp³-hybridized carbons (Fsp3) is 0.550. The number of aryl methyl sites for hydroxylation is 1. The number of piperazine rings is 1. The van der Waals surface area contributed by atoms with Crippen molar-refractivity contribution in [1.29, 1.82) is 0 Å². The first-order valence-electron chi connectivity index (χ1n) is 10.1. The van der Waals surface area contributed by atoms with E-state index >= 15 is 0 Å². The maximum Gasteiger partial charge on any atom is 0.225 e. The number of halogens is 2. The molecule has 3 heterocycles. The van der Waals surface area contributed by atoms with Gasteiger partial charge in [0, 0.05) is 77.6 Å². The predicted molar refractivity (Wildman–Crippen MR) is 134 cm³/mol. The van der Waals surface area contributed by atoms with Gasteiger partial charge >= 0.3 is 0 Å². The topological polar surface area (TPSA) is 64.8 Å². The largest absolute Gasteiger partial charge is 0.357 e. The van der Waals surface area contributed by atoms with E-state index in [1.807, 2.05) is 25.4 Å². The van der Waals surface area contributed by atoms with E-state index in [1.54, 1.807) is 12.4 Å². The number of aromatic nitrogens is 3. The Morgan fingerprint density at radius 2 is 1.93 bits per heavy atom. The molecule has 0 radical (unpaired) electrons. The molecule has 0 aliphatic carbocycles. The van der Waals surface area contributed by atoms with Crippen LogP contribution >= 0.6 is 35.6 Å². The maximum absolute atomic E-state index is 6.11. The van der Waals surface area contributed by atoms with Crippen LogP contribution < -0.4 is 10.2 Å². The maximum atomic E-state index is 6.11. The van der Waals surface area contributed by atoms with Crippen molar-refractivity contribution >= 4 is 47.5 Å². The van der Waals surface area contributed by atoms with Crippen molar-refractivity contribution < 1.29 is 0 Å². The molecule has 1 N–H and O–H groups in total. The normalized spacial score (nSPS) is 15.1. The van der Waals surface area contributed by atoms with Gasteiger partial charge in [-0.25, -0.2) is 9.97 Å². The summed E-state index contributed by atoms with van der Waals surface area (Å²) in [5, 5.41) is 4.15. The fourth-order valence-electron chi connectivity index (χ4n) is 3.43. The molecule has 10 heteroatoms. The summed E-state index contributed by atoms with van der Waals surface area (Å²) >= 11 is 6.11. The van der Waals surface area contributed by atoms with Gasteiger partial charge in [-0.1, -0.05) is 11.6 Å². The quantitative estimate of drug-likeness (QED) is 0.327. The smallest absolute Gasteiger partial charge is 0.225 e. The van der Waals surface area contributed by atoms with Crippen molar-refractivity contribution in [1.82, 2.24) is 29.7 Å². The van der Waals surface area contributed by atoms with Gasteiger partial charge in [-0.15, -0.1) is 24.0 Å². The summed E-state index contributed by atoms with van der Waals surface area (Å²) in [5.41, 5.74) is 1.15. The highest BCUT2D eigenvalue weighted by atomic mass is 127. The lowest BCUT2D eigenvalue weighted by molar-refractivity contribution is 0.263. The summed E-state index contributed by atoms with van der Waals surface area (Å²) in [7, 11) is 4.07. The van der Waals surface area contributed by atoms with Gasteiger partial charge in [0.05, 0.1) is 18.1 Å². The van der Waals surface area contributed by atoms with Crippen LogP contribution in [0.5, 0.6) is 0 Å². The second-order valence-electron chi connectivity index (χ2n) is 7.23. The molecule has 8 nitrogen and oxygen atoms in total. The monoisotopic (exact) mass is 546 g/mol. The molecule has 166 valence electrons. The molecular formula is C20H32ClIN8. The lowest BCUT2D eigenvalue weighted by Gasteiger charge is -2.34. The molecule has 0 saturated carbocycles. The molecule has 0 spiro atoms. The fourth-order valence-corrected chi connectivity index (χ4v) is 3.71. The third-order valence-corrected chi connectivity index (χ3v) is 5.26. The average Bonchev–Trinajstić information content (AvgIpc) is 3.05. The van der Waals surface area contributed by atoms with Crippen LogP contribution in [0.15, 0.2) is 35.7 Å². The molecule has 2 aromatic heterocycles. The number of rotatable bonds is 7. The minimum absolute atomic E-state index is 0. The number of hydrogen-bond donors (Lipinski definition) is 1. The first-order valence-corrected chi connectivity index (χ1v) is 10.5. The lowest BCUT2D eigenvalue weighted by atomic mass is 10.3. The Morgan fingerprint density at radius 1 is 1.23 bits per heavy atom. The third kappa shape index (κ3) is 6.98. The van der Waals surface area contributed by atoms with Crippen LogP contribution in [0.3, 0.4) is 0 Å². The minimum Gasteiger partial charge on any atom is -0.357 e. The van der Waals surface area contributed by atoms with Gasteiger partial charge in [-0.05, 0) is 19.1 Å². The Labute approximate surface area is 201 Å². The molecule has 0 aromatic carbocycles. The highest BCUT2D eigenvalue weighted by Gasteiger charge is 2.18. The number of aliphatic imine (C=N–C) groups is 1. The Morgan fingerprint density at radius 3 is 2.53 bits per heavy atom. The van der Waals surface area contributed by atoms with Gasteiger partial charge in [0.2, 0.25) is 5.95 Å². The first kappa shape index (κ1) is 24.7. The average molecular weight is 547 g/mol. The summed E-state index contributed by atoms with van der Waals surface area (Å²) in [6.45, 7) is 9.30. The van der Waals surface area contributed by atoms with Crippen molar-refractivity contribution in [2.45, 2.75) is 13.5 Å². The van der Waals surface area contributed by atoms with Gasteiger partial charge in [0.1, 0.15) is 0 Å². The van der Waals surface area contributed by atoms with Crippen LogP contribution in [0.25, 0.3) is 0 Å². The predicted octanol–water partition coefficient (Wildman–Crippen LogP) is 2.31. The minimum atomic E-state index is 0. The second kappa shape index (κ2) is 12.3. The Kier molecular flexibility index (Phi) is 10.1. The highest BCUT2D eigenvalue weighted by Crippen LogP contribution is 2.14. The SMILES string of the molecule is CCNC(=NCCN1CCN(c2ncccn2)CC1)N(C)Cc1cc(Cl)cn1C.I. The molecule has 1 fully saturated rings.